The predicted molar refractivity (Wildman–Crippen MR) is 79.7 cm³/mol. The van der Waals surface area contributed by atoms with Crippen LogP contribution in [0, 0.1) is 11.8 Å². The maximum Gasteiger partial charge on any atom is 0.134 e. The molecule has 1 rings (SSSR count). The summed E-state index contributed by atoms with van der Waals surface area (Å²) in [4.78, 5) is 15.3. The highest BCUT2D eigenvalue weighted by Gasteiger charge is 2.16. The Balaban J connectivity index is 0.00000154. The van der Waals surface area contributed by atoms with E-state index in [9.17, 15) is 10.0 Å². The first-order chi connectivity index (χ1) is 9.19. The van der Waals surface area contributed by atoms with Crippen LogP contribution in [0.3, 0.4) is 0 Å². The van der Waals surface area contributed by atoms with Gasteiger partial charge in [-0.05, 0) is 36.9 Å². The Morgan fingerprint density at radius 1 is 1.21 bits per heavy atom. The van der Waals surface area contributed by atoms with Crippen LogP contribution in [0.4, 0.5) is 5.69 Å². The summed E-state index contributed by atoms with van der Waals surface area (Å²) >= 11 is 0. The number of hydrogen-bond donors (Lipinski definition) is 1. The van der Waals surface area contributed by atoms with Crippen molar-refractivity contribution in [3.63, 3.8) is 0 Å². The van der Waals surface area contributed by atoms with Crippen molar-refractivity contribution >= 4 is 5.69 Å². The van der Waals surface area contributed by atoms with Crippen LogP contribution in [0.5, 0.6) is 0 Å². The quantitative estimate of drug-likeness (QED) is 0.784. The molecular weight excluding hydrogens is 240 g/mol. The first-order valence-electron chi connectivity index (χ1n) is 7.14. The summed E-state index contributed by atoms with van der Waals surface area (Å²) in [5, 5.41) is 12.5. The molecule has 1 aromatic heterocycles. The molecular formula is C15H26N2O2. The standard InChI is InChI=1S/C13H20N2O2.C2H6/c1-4-6-7-10-11(8-16)13(15-17)9(3)14-12(10)5-2;1-2/h16H,4-8H2,1-3H3;1-2H3. The first-order valence-corrected chi connectivity index (χ1v) is 7.14. The highest BCUT2D eigenvalue weighted by molar-refractivity contribution is 5.54. The summed E-state index contributed by atoms with van der Waals surface area (Å²) in [7, 11) is 0. The van der Waals surface area contributed by atoms with Crippen molar-refractivity contribution in [3.8, 4) is 0 Å². The molecule has 0 spiro atoms. The lowest BCUT2D eigenvalue weighted by Crippen LogP contribution is -2.05. The number of pyridine rings is 1. The van der Waals surface area contributed by atoms with Gasteiger partial charge in [-0.1, -0.05) is 34.1 Å². The van der Waals surface area contributed by atoms with Crippen LogP contribution in [-0.2, 0) is 19.4 Å². The van der Waals surface area contributed by atoms with Crippen molar-refractivity contribution < 1.29 is 5.11 Å². The fraction of sp³-hybridized carbons (Fsp3) is 0.667. The van der Waals surface area contributed by atoms with Crippen molar-refractivity contribution in [2.24, 2.45) is 5.18 Å². The van der Waals surface area contributed by atoms with Crippen LogP contribution in [0.1, 0.15) is 63.1 Å². The first kappa shape index (κ1) is 17.7. The molecule has 4 heteroatoms. The van der Waals surface area contributed by atoms with Gasteiger partial charge in [0.25, 0.3) is 0 Å². The molecule has 0 saturated carbocycles. The molecule has 19 heavy (non-hydrogen) atoms. The maximum atomic E-state index is 10.8. The van der Waals surface area contributed by atoms with Gasteiger partial charge in [-0.3, -0.25) is 4.98 Å². The molecule has 4 nitrogen and oxygen atoms in total. The van der Waals surface area contributed by atoms with Gasteiger partial charge in [-0.2, -0.15) is 0 Å². The summed E-state index contributed by atoms with van der Waals surface area (Å²) < 4.78 is 0. The molecule has 0 aliphatic heterocycles. The van der Waals surface area contributed by atoms with Crippen molar-refractivity contribution in [1.82, 2.24) is 4.98 Å². The van der Waals surface area contributed by atoms with Gasteiger partial charge in [0.05, 0.1) is 12.3 Å². The lowest BCUT2D eigenvalue weighted by atomic mass is 9.97. The zero-order valence-corrected chi connectivity index (χ0v) is 12.8. The number of nitrogens with zero attached hydrogens (tertiary/aromatic N) is 2. The van der Waals surface area contributed by atoms with E-state index >= 15 is 0 Å². The molecule has 1 heterocycles. The number of hydrogen-bond acceptors (Lipinski definition) is 4. The van der Waals surface area contributed by atoms with Crippen LogP contribution in [0.2, 0.25) is 0 Å². The third-order valence-corrected chi connectivity index (χ3v) is 3.01. The third-order valence-electron chi connectivity index (χ3n) is 3.01. The van der Waals surface area contributed by atoms with Crippen molar-refractivity contribution in [2.45, 2.75) is 66.9 Å². The fourth-order valence-electron chi connectivity index (χ4n) is 2.09. The van der Waals surface area contributed by atoms with Crippen molar-refractivity contribution in [3.05, 3.63) is 27.4 Å². The average Bonchev–Trinajstić information content (AvgIpc) is 2.46. The zero-order chi connectivity index (χ0) is 14.8. The monoisotopic (exact) mass is 266 g/mol. The summed E-state index contributed by atoms with van der Waals surface area (Å²) in [6.07, 6.45) is 3.77. The van der Waals surface area contributed by atoms with Gasteiger partial charge in [0, 0.05) is 11.3 Å². The number of aliphatic hydroxyl groups excluding tert-OH is 1. The van der Waals surface area contributed by atoms with E-state index < -0.39 is 0 Å². The van der Waals surface area contributed by atoms with E-state index in [0.717, 1.165) is 36.9 Å². The Morgan fingerprint density at radius 3 is 2.26 bits per heavy atom. The molecule has 0 bridgehead atoms. The van der Waals surface area contributed by atoms with Gasteiger partial charge in [-0.25, -0.2) is 0 Å². The van der Waals surface area contributed by atoms with Gasteiger partial charge in [0.15, 0.2) is 0 Å². The Hall–Kier alpha value is -1.29. The van der Waals surface area contributed by atoms with Gasteiger partial charge in [-0.15, -0.1) is 4.91 Å². The van der Waals surface area contributed by atoms with Gasteiger partial charge in [0.1, 0.15) is 5.69 Å². The number of aliphatic hydroxyl groups is 1. The Labute approximate surface area is 116 Å². The van der Waals surface area contributed by atoms with E-state index in [1.807, 2.05) is 20.8 Å². The highest BCUT2D eigenvalue weighted by atomic mass is 16.3. The molecule has 0 amide bonds. The van der Waals surface area contributed by atoms with E-state index in [-0.39, 0.29) is 6.61 Å². The fourth-order valence-corrected chi connectivity index (χ4v) is 2.09. The van der Waals surface area contributed by atoms with E-state index in [2.05, 4.69) is 17.1 Å². The van der Waals surface area contributed by atoms with E-state index in [4.69, 9.17) is 0 Å². The molecule has 0 radical (unpaired) electrons. The highest BCUT2D eigenvalue weighted by Crippen LogP contribution is 2.29. The largest absolute Gasteiger partial charge is 0.392 e. The maximum absolute atomic E-state index is 10.8. The van der Waals surface area contributed by atoms with Crippen LogP contribution in [0.25, 0.3) is 0 Å². The molecule has 0 unspecified atom stereocenters. The van der Waals surface area contributed by atoms with Gasteiger partial charge in [0.2, 0.25) is 0 Å². The molecule has 0 fully saturated rings. The number of nitroso groups, excluding NO2 is 1. The zero-order valence-electron chi connectivity index (χ0n) is 12.8. The second-order valence-electron chi connectivity index (χ2n) is 4.16. The number of aromatic nitrogens is 1. The topological polar surface area (TPSA) is 62.5 Å². The summed E-state index contributed by atoms with van der Waals surface area (Å²) in [6.45, 7) is 9.77. The van der Waals surface area contributed by atoms with Crippen LogP contribution in [0.15, 0.2) is 5.18 Å². The number of aryl methyl sites for hydroxylation is 2. The summed E-state index contributed by atoms with van der Waals surface area (Å²) in [6, 6.07) is 0. The molecule has 0 saturated heterocycles. The summed E-state index contributed by atoms with van der Waals surface area (Å²) in [5.74, 6) is 0. The lowest BCUT2D eigenvalue weighted by Gasteiger charge is -2.14. The minimum absolute atomic E-state index is 0.142. The van der Waals surface area contributed by atoms with Crippen molar-refractivity contribution in [2.75, 3.05) is 0 Å². The SMILES string of the molecule is CC.CCCCc1c(CC)nc(C)c(N=O)c1CO. The second kappa shape index (κ2) is 9.62. The third kappa shape index (κ3) is 4.39. The number of unbranched alkanes of at least 4 members (excludes halogenated alkanes) is 1. The molecule has 1 N–H and O–H groups in total. The normalized spacial score (nSPS) is 9.79. The molecule has 1 aromatic rings. The molecule has 0 aromatic carbocycles. The smallest absolute Gasteiger partial charge is 0.134 e. The number of rotatable bonds is 6. The van der Waals surface area contributed by atoms with Crippen LogP contribution >= 0.6 is 0 Å². The summed E-state index contributed by atoms with van der Waals surface area (Å²) in [5.41, 5.74) is 3.58. The lowest BCUT2D eigenvalue weighted by molar-refractivity contribution is 0.280. The van der Waals surface area contributed by atoms with Gasteiger partial charge < -0.3 is 5.11 Å². The Kier molecular flexibility index (Phi) is 8.96. The van der Waals surface area contributed by atoms with E-state index in [1.165, 1.54) is 0 Å². The molecule has 108 valence electrons. The second-order valence-corrected chi connectivity index (χ2v) is 4.16. The van der Waals surface area contributed by atoms with E-state index in [1.54, 1.807) is 6.92 Å². The van der Waals surface area contributed by atoms with Crippen LogP contribution < -0.4 is 0 Å². The molecule has 0 aliphatic carbocycles. The van der Waals surface area contributed by atoms with Crippen molar-refractivity contribution in [1.29, 1.82) is 0 Å². The van der Waals surface area contributed by atoms with E-state index in [0.29, 0.717) is 16.9 Å². The minimum Gasteiger partial charge on any atom is -0.392 e. The predicted octanol–water partition coefficient (Wildman–Crippen LogP) is 4.21. The Morgan fingerprint density at radius 2 is 1.84 bits per heavy atom. The average molecular weight is 266 g/mol. The molecule has 0 aliphatic rings. The minimum atomic E-state index is -0.142. The van der Waals surface area contributed by atoms with Gasteiger partial charge >= 0.3 is 0 Å². The molecule has 0 atom stereocenters. The Bertz CT molecular complexity index is 404. The van der Waals surface area contributed by atoms with Crippen LogP contribution in [-0.4, -0.2) is 10.1 Å².